The van der Waals surface area contributed by atoms with E-state index < -0.39 is 0 Å². The van der Waals surface area contributed by atoms with Gasteiger partial charge in [0.2, 0.25) is 5.91 Å². The highest BCUT2D eigenvalue weighted by atomic mass is 35.5. The Kier molecular flexibility index (Phi) is 7.58. The van der Waals surface area contributed by atoms with Crippen LogP contribution in [0.1, 0.15) is 40.9 Å². The van der Waals surface area contributed by atoms with Gasteiger partial charge in [-0.05, 0) is 23.3 Å². The molecule has 4 nitrogen and oxygen atoms in total. The van der Waals surface area contributed by atoms with Crippen molar-refractivity contribution in [2.75, 3.05) is 26.2 Å². The number of benzene rings is 3. The Morgan fingerprint density at radius 2 is 1.33 bits per heavy atom. The normalized spacial score (nSPS) is 16.2. The number of hydrogen-bond donors (Lipinski definition) is 0. The summed E-state index contributed by atoms with van der Waals surface area (Å²) in [6.07, 6.45) is 0.237. The number of rotatable bonds is 7. The fourth-order valence-corrected chi connectivity index (χ4v) is 4.64. The van der Waals surface area contributed by atoms with Gasteiger partial charge in [-0.1, -0.05) is 91.3 Å². The van der Waals surface area contributed by atoms with Crippen molar-refractivity contribution in [1.29, 1.82) is 0 Å². The Labute approximate surface area is 200 Å². The van der Waals surface area contributed by atoms with Crippen LogP contribution in [0.5, 0.6) is 0 Å². The van der Waals surface area contributed by atoms with Gasteiger partial charge in [0.15, 0.2) is 5.78 Å². The molecule has 0 spiro atoms. The van der Waals surface area contributed by atoms with Crippen LogP contribution in [0.4, 0.5) is 0 Å². The maximum atomic E-state index is 13.1. The third-order valence-electron chi connectivity index (χ3n) is 6.30. The Hall–Kier alpha value is -2.95. The molecule has 1 aliphatic heterocycles. The number of carbonyl (C=O) groups excluding carboxylic acids is 2. The highest BCUT2D eigenvalue weighted by molar-refractivity contribution is 6.30. The summed E-state index contributed by atoms with van der Waals surface area (Å²) in [5.41, 5.74) is 3.07. The molecule has 0 N–H and O–H groups in total. The molecule has 0 bridgehead atoms. The van der Waals surface area contributed by atoms with Crippen molar-refractivity contribution >= 4 is 23.3 Å². The summed E-state index contributed by atoms with van der Waals surface area (Å²) in [5.74, 6) is -0.255. The molecule has 33 heavy (non-hydrogen) atoms. The largest absolute Gasteiger partial charge is 0.340 e. The number of ketones is 1. The molecule has 0 saturated carbocycles. The molecule has 170 valence electrons. The maximum Gasteiger partial charge on any atom is 0.225 e. The van der Waals surface area contributed by atoms with Crippen molar-refractivity contribution in [3.05, 3.63) is 107 Å². The molecule has 0 aliphatic carbocycles. The van der Waals surface area contributed by atoms with Crippen LogP contribution in [-0.2, 0) is 4.79 Å². The van der Waals surface area contributed by atoms with Crippen molar-refractivity contribution in [3.8, 4) is 0 Å². The van der Waals surface area contributed by atoms with Gasteiger partial charge in [-0.15, -0.1) is 0 Å². The molecular formula is C28H29ClN2O2. The molecule has 0 radical (unpaired) electrons. The summed E-state index contributed by atoms with van der Waals surface area (Å²) < 4.78 is 0. The second-order valence-corrected chi connectivity index (χ2v) is 9.06. The van der Waals surface area contributed by atoms with E-state index in [-0.39, 0.29) is 30.1 Å². The summed E-state index contributed by atoms with van der Waals surface area (Å²) in [4.78, 5) is 29.9. The van der Waals surface area contributed by atoms with E-state index in [1.54, 1.807) is 12.1 Å². The predicted molar refractivity (Wildman–Crippen MR) is 132 cm³/mol. The second kappa shape index (κ2) is 10.8. The molecule has 1 heterocycles. The third-order valence-corrected chi connectivity index (χ3v) is 6.55. The molecule has 1 fully saturated rings. The zero-order valence-corrected chi connectivity index (χ0v) is 19.6. The number of hydrogen-bond acceptors (Lipinski definition) is 3. The lowest BCUT2D eigenvalue weighted by Crippen LogP contribution is -2.51. The summed E-state index contributed by atoms with van der Waals surface area (Å²) >= 11 is 6.13. The van der Waals surface area contributed by atoms with Crippen LogP contribution in [-0.4, -0.2) is 47.7 Å². The molecule has 3 aromatic rings. The lowest BCUT2D eigenvalue weighted by molar-refractivity contribution is -0.137. The average molecular weight is 461 g/mol. The van der Waals surface area contributed by atoms with Crippen molar-refractivity contribution in [2.24, 2.45) is 5.92 Å². The van der Waals surface area contributed by atoms with E-state index in [2.05, 4.69) is 41.3 Å². The van der Waals surface area contributed by atoms with Crippen LogP contribution in [0.2, 0.25) is 5.02 Å². The molecule has 2 atom stereocenters. The van der Waals surface area contributed by atoms with Gasteiger partial charge in [-0.2, -0.15) is 0 Å². The van der Waals surface area contributed by atoms with Gasteiger partial charge >= 0.3 is 0 Å². The standard InChI is InChI=1S/C28H29ClN2O2/c1-21(20-26(32)22-8-4-2-5-9-22)28(33)31-18-16-30(17-19-31)27(23-10-6-3-7-11-23)24-12-14-25(29)15-13-24/h2-15,21,27H,16-20H2,1H3. The zero-order chi connectivity index (χ0) is 23.2. The van der Waals surface area contributed by atoms with Gasteiger partial charge in [0, 0.05) is 49.1 Å². The van der Waals surface area contributed by atoms with E-state index in [0.717, 1.165) is 18.1 Å². The monoisotopic (exact) mass is 460 g/mol. The van der Waals surface area contributed by atoms with Crippen LogP contribution >= 0.6 is 11.6 Å². The predicted octanol–water partition coefficient (Wildman–Crippen LogP) is 5.48. The number of piperazine rings is 1. The molecule has 3 aromatic carbocycles. The van der Waals surface area contributed by atoms with E-state index in [1.165, 1.54) is 11.1 Å². The first-order valence-electron chi connectivity index (χ1n) is 11.4. The number of Topliss-reactive ketones (excluding diaryl/α,β-unsaturated/α-hetero) is 1. The fourth-order valence-electron chi connectivity index (χ4n) is 4.51. The Morgan fingerprint density at radius 1 is 0.788 bits per heavy atom. The highest BCUT2D eigenvalue weighted by Crippen LogP contribution is 2.30. The van der Waals surface area contributed by atoms with Gasteiger partial charge in [-0.3, -0.25) is 14.5 Å². The van der Waals surface area contributed by atoms with Gasteiger partial charge in [0.25, 0.3) is 0 Å². The maximum absolute atomic E-state index is 13.1. The van der Waals surface area contributed by atoms with Crippen LogP contribution in [0, 0.1) is 5.92 Å². The van der Waals surface area contributed by atoms with Crippen LogP contribution < -0.4 is 0 Å². The van der Waals surface area contributed by atoms with Gasteiger partial charge in [-0.25, -0.2) is 0 Å². The van der Waals surface area contributed by atoms with Gasteiger partial charge in [0.1, 0.15) is 0 Å². The number of halogens is 1. The summed E-state index contributed by atoms with van der Waals surface area (Å²) in [6.45, 7) is 4.70. The van der Waals surface area contributed by atoms with Gasteiger partial charge in [0.05, 0.1) is 6.04 Å². The number of amides is 1. The first-order chi connectivity index (χ1) is 16.0. The molecule has 1 saturated heterocycles. The summed E-state index contributed by atoms with van der Waals surface area (Å²) in [6, 6.07) is 27.8. The lowest BCUT2D eigenvalue weighted by Gasteiger charge is -2.40. The van der Waals surface area contributed by atoms with Crippen molar-refractivity contribution in [2.45, 2.75) is 19.4 Å². The van der Waals surface area contributed by atoms with Crippen molar-refractivity contribution in [1.82, 2.24) is 9.80 Å². The Morgan fingerprint density at radius 3 is 1.94 bits per heavy atom. The highest BCUT2D eigenvalue weighted by Gasteiger charge is 2.30. The quantitative estimate of drug-likeness (QED) is 0.438. The molecule has 5 heteroatoms. The third kappa shape index (κ3) is 5.70. The molecule has 4 rings (SSSR count). The summed E-state index contributed by atoms with van der Waals surface area (Å²) in [7, 11) is 0. The molecule has 1 amide bonds. The van der Waals surface area contributed by atoms with E-state index in [0.29, 0.717) is 18.7 Å². The van der Waals surface area contributed by atoms with Crippen LogP contribution in [0.25, 0.3) is 0 Å². The first-order valence-corrected chi connectivity index (χ1v) is 11.8. The minimum atomic E-state index is -0.328. The van der Waals surface area contributed by atoms with E-state index in [9.17, 15) is 9.59 Å². The Balaban J connectivity index is 1.41. The molecule has 1 aliphatic rings. The van der Waals surface area contributed by atoms with Crippen LogP contribution in [0.3, 0.4) is 0 Å². The minimum Gasteiger partial charge on any atom is -0.340 e. The zero-order valence-electron chi connectivity index (χ0n) is 18.9. The lowest BCUT2D eigenvalue weighted by atomic mass is 9.96. The number of carbonyl (C=O) groups is 2. The van der Waals surface area contributed by atoms with Crippen LogP contribution in [0.15, 0.2) is 84.9 Å². The van der Waals surface area contributed by atoms with E-state index in [4.69, 9.17) is 11.6 Å². The summed E-state index contributed by atoms with van der Waals surface area (Å²) in [5, 5.41) is 0.722. The Bertz CT molecular complexity index is 1060. The SMILES string of the molecule is CC(CC(=O)c1ccccc1)C(=O)N1CCN(C(c2ccccc2)c2ccc(Cl)cc2)CC1. The average Bonchev–Trinajstić information content (AvgIpc) is 2.86. The molecule has 0 aromatic heterocycles. The van der Waals surface area contributed by atoms with E-state index >= 15 is 0 Å². The topological polar surface area (TPSA) is 40.6 Å². The van der Waals surface area contributed by atoms with Crippen molar-refractivity contribution in [3.63, 3.8) is 0 Å². The van der Waals surface area contributed by atoms with Crippen molar-refractivity contribution < 1.29 is 9.59 Å². The second-order valence-electron chi connectivity index (χ2n) is 8.62. The fraction of sp³-hybridized carbons (Fsp3) is 0.286. The first kappa shape index (κ1) is 23.2. The van der Waals surface area contributed by atoms with E-state index in [1.807, 2.05) is 48.2 Å². The molecule has 2 unspecified atom stereocenters. The van der Waals surface area contributed by atoms with Gasteiger partial charge < -0.3 is 4.90 Å². The number of nitrogens with zero attached hydrogens (tertiary/aromatic N) is 2. The smallest absolute Gasteiger partial charge is 0.225 e. The minimum absolute atomic E-state index is 0.0157. The molecular weight excluding hydrogens is 432 g/mol.